The number of hydrogen-bond donors (Lipinski definition) is 2. The third-order valence-corrected chi connectivity index (χ3v) is 3.09. The van der Waals surface area contributed by atoms with Crippen molar-refractivity contribution in [3.63, 3.8) is 0 Å². The van der Waals surface area contributed by atoms with Crippen LogP contribution in [0.2, 0.25) is 0 Å². The second-order valence-electron chi connectivity index (χ2n) is 4.65. The Morgan fingerprint density at radius 1 is 1.28 bits per heavy atom. The maximum absolute atomic E-state index is 9.56. The van der Waals surface area contributed by atoms with E-state index in [9.17, 15) is 5.11 Å². The average molecular weight is 251 g/mol. The predicted octanol–water partition coefficient (Wildman–Crippen LogP) is 1.99. The van der Waals surface area contributed by atoms with Crippen molar-refractivity contribution in [2.75, 3.05) is 20.3 Å². The van der Waals surface area contributed by atoms with Crippen LogP contribution in [0.1, 0.15) is 25.3 Å². The standard InChI is InChI=1S/C15H25NO2/c1-3-14(11-13-7-5-4-6-8-13)16-10-9-15(17)12-18-2/h4-8,14-17H,3,9-12H2,1-2H3. The fourth-order valence-electron chi connectivity index (χ4n) is 1.99. The van der Waals surface area contributed by atoms with Crippen molar-refractivity contribution in [3.05, 3.63) is 35.9 Å². The van der Waals surface area contributed by atoms with E-state index in [0.717, 1.165) is 25.8 Å². The van der Waals surface area contributed by atoms with Crippen LogP contribution in [0.3, 0.4) is 0 Å². The second kappa shape index (κ2) is 9.09. The number of methoxy groups -OCH3 is 1. The molecule has 0 saturated heterocycles. The van der Waals surface area contributed by atoms with Gasteiger partial charge in [-0.3, -0.25) is 0 Å². The Balaban J connectivity index is 2.25. The van der Waals surface area contributed by atoms with Gasteiger partial charge in [-0.1, -0.05) is 37.3 Å². The number of nitrogens with one attached hydrogen (secondary N) is 1. The summed E-state index contributed by atoms with van der Waals surface area (Å²) in [5.74, 6) is 0. The molecule has 2 N–H and O–H groups in total. The summed E-state index contributed by atoms with van der Waals surface area (Å²) in [5.41, 5.74) is 1.36. The van der Waals surface area contributed by atoms with Crippen molar-refractivity contribution < 1.29 is 9.84 Å². The minimum Gasteiger partial charge on any atom is -0.391 e. The first-order valence-electron chi connectivity index (χ1n) is 6.70. The largest absolute Gasteiger partial charge is 0.391 e. The molecule has 0 aliphatic carbocycles. The van der Waals surface area contributed by atoms with Crippen molar-refractivity contribution in [2.24, 2.45) is 0 Å². The van der Waals surface area contributed by atoms with Gasteiger partial charge in [-0.05, 0) is 31.4 Å². The average Bonchev–Trinajstić information content (AvgIpc) is 2.39. The van der Waals surface area contributed by atoms with Crippen LogP contribution in [-0.4, -0.2) is 37.5 Å². The molecule has 0 saturated carbocycles. The molecule has 0 bridgehead atoms. The molecule has 18 heavy (non-hydrogen) atoms. The third kappa shape index (κ3) is 6.15. The molecule has 0 aliphatic rings. The van der Waals surface area contributed by atoms with Gasteiger partial charge in [0.2, 0.25) is 0 Å². The Morgan fingerprint density at radius 3 is 2.61 bits per heavy atom. The Hall–Kier alpha value is -0.900. The second-order valence-corrected chi connectivity index (χ2v) is 4.65. The first-order valence-corrected chi connectivity index (χ1v) is 6.70. The number of rotatable bonds is 9. The van der Waals surface area contributed by atoms with Crippen LogP contribution < -0.4 is 5.32 Å². The van der Waals surface area contributed by atoms with Gasteiger partial charge in [0.25, 0.3) is 0 Å². The Bertz CT molecular complexity index is 303. The maximum Gasteiger partial charge on any atom is 0.0785 e. The van der Waals surface area contributed by atoms with Gasteiger partial charge in [-0.15, -0.1) is 0 Å². The van der Waals surface area contributed by atoms with Gasteiger partial charge in [0.15, 0.2) is 0 Å². The van der Waals surface area contributed by atoms with Gasteiger partial charge >= 0.3 is 0 Å². The zero-order valence-electron chi connectivity index (χ0n) is 11.4. The molecule has 1 aromatic carbocycles. The molecule has 0 fully saturated rings. The van der Waals surface area contributed by atoms with Crippen LogP contribution >= 0.6 is 0 Å². The minimum absolute atomic E-state index is 0.364. The van der Waals surface area contributed by atoms with Gasteiger partial charge in [-0.25, -0.2) is 0 Å². The number of ether oxygens (including phenoxy) is 1. The van der Waals surface area contributed by atoms with Crippen LogP contribution in [0.4, 0.5) is 0 Å². The summed E-state index contributed by atoms with van der Waals surface area (Å²) in [7, 11) is 1.61. The van der Waals surface area contributed by atoms with Crippen molar-refractivity contribution >= 4 is 0 Å². The lowest BCUT2D eigenvalue weighted by molar-refractivity contribution is 0.0589. The van der Waals surface area contributed by atoms with Gasteiger partial charge in [0, 0.05) is 13.2 Å². The molecular formula is C15H25NO2. The van der Waals surface area contributed by atoms with Gasteiger partial charge in [0.1, 0.15) is 0 Å². The van der Waals surface area contributed by atoms with Crippen LogP contribution in [-0.2, 0) is 11.2 Å². The number of benzene rings is 1. The molecule has 2 unspecified atom stereocenters. The Kier molecular flexibility index (Phi) is 7.65. The summed E-state index contributed by atoms with van der Waals surface area (Å²) in [6.45, 7) is 3.43. The molecular weight excluding hydrogens is 226 g/mol. The van der Waals surface area contributed by atoms with Gasteiger partial charge < -0.3 is 15.2 Å². The van der Waals surface area contributed by atoms with E-state index in [2.05, 4.69) is 36.5 Å². The summed E-state index contributed by atoms with van der Waals surface area (Å²) in [5, 5.41) is 13.1. The molecule has 0 aliphatic heterocycles. The van der Waals surface area contributed by atoms with E-state index in [1.165, 1.54) is 5.56 Å². The zero-order valence-corrected chi connectivity index (χ0v) is 11.4. The number of aliphatic hydroxyl groups excluding tert-OH is 1. The monoisotopic (exact) mass is 251 g/mol. The van der Waals surface area contributed by atoms with Crippen LogP contribution in [0.15, 0.2) is 30.3 Å². The van der Waals surface area contributed by atoms with E-state index >= 15 is 0 Å². The maximum atomic E-state index is 9.56. The lowest BCUT2D eigenvalue weighted by Gasteiger charge is -2.18. The quantitative estimate of drug-likeness (QED) is 0.705. The lowest BCUT2D eigenvalue weighted by Crippen LogP contribution is -2.33. The highest BCUT2D eigenvalue weighted by Gasteiger charge is 2.08. The fraction of sp³-hybridized carbons (Fsp3) is 0.600. The van der Waals surface area contributed by atoms with E-state index < -0.39 is 0 Å². The molecule has 3 nitrogen and oxygen atoms in total. The molecule has 1 rings (SSSR count). The van der Waals surface area contributed by atoms with Gasteiger partial charge in [-0.2, -0.15) is 0 Å². The topological polar surface area (TPSA) is 41.5 Å². The van der Waals surface area contributed by atoms with Crippen LogP contribution in [0.25, 0.3) is 0 Å². The predicted molar refractivity (Wildman–Crippen MR) is 74.7 cm³/mol. The minimum atomic E-state index is -0.364. The van der Waals surface area contributed by atoms with Crippen molar-refractivity contribution in [3.8, 4) is 0 Å². The van der Waals surface area contributed by atoms with Crippen LogP contribution in [0, 0.1) is 0 Å². The highest BCUT2D eigenvalue weighted by Crippen LogP contribution is 2.05. The molecule has 0 amide bonds. The van der Waals surface area contributed by atoms with Crippen LogP contribution in [0.5, 0.6) is 0 Å². The zero-order chi connectivity index (χ0) is 13.2. The lowest BCUT2D eigenvalue weighted by atomic mass is 10.0. The first-order chi connectivity index (χ1) is 8.76. The van der Waals surface area contributed by atoms with E-state index in [4.69, 9.17) is 4.74 Å². The molecule has 102 valence electrons. The Morgan fingerprint density at radius 2 is 2.00 bits per heavy atom. The van der Waals surface area contributed by atoms with E-state index in [0.29, 0.717) is 12.6 Å². The molecule has 1 aromatic rings. The molecule has 0 radical (unpaired) electrons. The Labute approximate surface area is 110 Å². The molecule has 3 heteroatoms. The smallest absolute Gasteiger partial charge is 0.0785 e. The van der Waals surface area contributed by atoms with E-state index in [-0.39, 0.29) is 6.10 Å². The summed E-state index contributed by atoms with van der Waals surface area (Å²) in [6.07, 6.45) is 2.50. The molecule has 0 heterocycles. The summed E-state index contributed by atoms with van der Waals surface area (Å²) >= 11 is 0. The highest BCUT2D eigenvalue weighted by atomic mass is 16.5. The third-order valence-electron chi connectivity index (χ3n) is 3.09. The summed E-state index contributed by atoms with van der Waals surface area (Å²) in [4.78, 5) is 0. The fourth-order valence-corrected chi connectivity index (χ4v) is 1.99. The summed E-state index contributed by atoms with van der Waals surface area (Å²) < 4.78 is 4.91. The molecule has 2 atom stereocenters. The number of hydrogen-bond acceptors (Lipinski definition) is 3. The van der Waals surface area contributed by atoms with Crippen molar-refractivity contribution in [2.45, 2.75) is 38.3 Å². The number of aliphatic hydroxyl groups is 1. The van der Waals surface area contributed by atoms with Gasteiger partial charge in [0.05, 0.1) is 12.7 Å². The SMILES string of the molecule is CCC(Cc1ccccc1)NCCC(O)COC. The van der Waals surface area contributed by atoms with Crippen molar-refractivity contribution in [1.82, 2.24) is 5.32 Å². The molecule has 0 aromatic heterocycles. The highest BCUT2D eigenvalue weighted by molar-refractivity contribution is 5.15. The van der Waals surface area contributed by atoms with E-state index in [1.54, 1.807) is 7.11 Å². The summed E-state index contributed by atoms with van der Waals surface area (Å²) in [6, 6.07) is 11.0. The first kappa shape index (κ1) is 15.2. The van der Waals surface area contributed by atoms with Crippen molar-refractivity contribution in [1.29, 1.82) is 0 Å². The molecule has 0 spiro atoms. The normalized spacial score (nSPS) is 14.4. The van der Waals surface area contributed by atoms with E-state index in [1.807, 2.05) is 6.07 Å².